The fraction of sp³-hybridized carbons (Fsp3) is 0.100. The van der Waals surface area contributed by atoms with Gasteiger partial charge in [0.1, 0.15) is 0 Å². The van der Waals surface area contributed by atoms with Crippen LogP contribution in [0.3, 0.4) is 0 Å². The fourth-order valence-electron chi connectivity index (χ4n) is 1.42. The van der Waals surface area contributed by atoms with Crippen LogP contribution in [-0.4, -0.2) is 21.0 Å². The maximum absolute atomic E-state index is 7.25. The number of rotatable bonds is 3. The third kappa shape index (κ3) is 2.01. The van der Waals surface area contributed by atoms with Crippen molar-refractivity contribution in [1.29, 1.82) is 5.41 Å². The topological polar surface area (TPSA) is 91.4 Å². The zero-order valence-electron chi connectivity index (χ0n) is 8.07. The van der Waals surface area contributed by atoms with E-state index in [0.717, 1.165) is 16.8 Å². The van der Waals surface area contributed by atoms with E-state index in [1.54, 1.807) is 18.6 Å². The molecular formula is C10H11N5. The Morgan fingerprint density at radius 3 is 2.80 bits per heavy atom. The highest BCUT2D eigenvalue weighted by Gasteiger charge is 2.07. The molecule has 0 saturated heterocycles. The quantitative estimate of drug-likeness (QED) is 0.510. The molecule has 2 aromatic heterocycles. The number of nitrogens with one attached hydrogen (secondary N) is 2. The molecule has 5 heteroatoms. The van der Waals surface area contributed by atoms with E-state index < -0.39 is 0 Å². The molecule has 0 unspecified atom stereocenters. The third-order valence-corrected chi connectivity index (χ3v) is 2.07. The van der Waals surface area contributed by atoms with Gasteiger partial charge in [0.25, 0.3) is 0 Å². The predicted molar refractivity (Wildman–Crippen MR) is 57.4 cm³/mol. The van der Waals surface area contributed by atoms with E-state index in [9.17, 15) is 0 Å². The highest BCUT2D eigenvalue weighted by molar-refractivity contribution is 5.81. The number of nitrogens with zero attached hydrogens (tertiary/aromatic N) is 2. The van der Waals surface area contributed by atoms with Crippen LogP contribution < -0.4 is 5.73 Å². The van der Waals surface area contributed by atoms with Gasteiger partial charge >= 0.3 is 0 Å². The average Bonchev–Trinajstić information content (AvgIpc) is 2.66. The monoisotopic (exact) mass is 201 g/mol. The van der Waals surface area contributed by atoms with Gasteiger partial charge < -0.3 is 5.73 Å². The first-order valence-corrected chi connectivity index (χ1v) is 4.53. The molecule has 5 nitrogen and oxygen atoms in total. The van der Waals surface area contributed by atoms with Gasteiger partial charge in [0.15, 0.2) is 0 Å². The average molecular weight is 201 g/mol. The van der Waals surface area contributed by atoms with E-state index in [4.69, 9.17) is 11.1 Å². The van der Waals surface area contributed by atoms with Gasteiger partial charge in [0.2, 0.25) is 0 Å². The van der Waals surface area contributed by atoms with E-state index >= 15 is 0 Å². The molecule has 0 radical (unpaired) electrons. The zero-order chi connectivity index (χ0) is 10.7. The van der Waals surface area contributed by atoms with E-state index in [0.29, 0.717) is 6.42 Å². The fourth-order valence-corrected chi connectivity index (χ4v) is 1.42. The van der Waals surface area contributed by atoms with E-state index in [1.165, 1.54) is 0 Å². The Kier molecular flexibility index (Phi) is 2.45. The minimum atomic E-state index is 0.131. The summed E-state index contributed by atoms with van der Waals surface area (Å²) in [7, 11) is 0. The first-order chi connectivity index (χ1) is 7.27. The molecule has 0 fully saturated rings. The maximum Gasteiger partial charge on any atom is 0.0951 e. The summed E-state index contributed by atoms with van der Waals surface area (Å²) in [5.41, 5.74) is 8.18. The number of H-pyrrole nitrogens is 1. The van der Waals surface area contributed by atoms with Gasteiger partial charge in [-0.05, 0) is 12.1 Å². The summed E-state index contributed by atoms with van der Waals surface area (Å²) < 4.78 is 0. The molecule has 0 aromatic carbocycles. The Balaban J connectivity index is 2.37. The molecule has 2 aromatic rings. The van der Waals surface area contributed by atoms with Crippen molar-refractivity contribution < 1.29 is 0 Å². The van der Waals surface area contributed by atoms with Crippen LogP contribution in [0.15, 0.2) is 30.7 Å². The zero-order valence-corrected chi connectivity index (χ0v) is 8.07. The Bertz CT molecular complexity index is 460. The van der Waals surface area contributed by atoms with Crippen molar-refractivity contribution in [2.45, 2.75) is 6.42 Å². The number of pyridine rings is 1. The van der Waals surface area contributed by atoms with Crippen molar-refractivity contribution in [2.24, 2.45) is 5.73 Å². The summed E-state index contributed by atoms with van der Waals surface area (Å²) in [5, 5.41) is 14.1. The molecule has 0 spiro atoms. The van der Waals surface area contributed by atoms with Gasteiger partial charge in [-0.3, -0.25) is 15.5 Å². The highest BCUT2D eigenvalue weighted by atomic mass is 15.1. The Morgan fingerprint density at radius 1 is 1.40 bits per heavy atom. The largest absolute Gasteiger partial charge is 0.387 e. The van der Waals surface area contributed by atoms with Gasteiger partial charge in [-0.15, -0.1) is 0 Å². The van der Waals surface area contributed by atoms with Crippen LogP contribution in [0.4, 0.5) is 0 Å². The van der Waals surface area contributed by atoms with Crippen LogP contribution in [0, 0.1) is 5.41 Å². The maximum atomic E-state index is 7.25. The Morgan fingerprint density at radius 2 is 2.13 bits per heavy atom. The lowest BCUT2D eigenvalue weighted by Crippen LogP contribution is -2.12. The molecule has 76 valence electrons. The second-order valence-corrected chi connectivity index (χ2v) is 3.21. The van der Waals surface area contributed by atoms with Crippen molar-refractivity contribution in [3.63, 3.8) is 0 Å². The number of hydrogen-bond acceptors (Lipinski definition) is 3. The van der Waals surface area contributed by atoms with E-state index in [-0.39, 0.29) is 5.84 Å². The minimum absolute atomic E-state index is 0.131. The summed E-state index contributed by atoms with van der Waals surface area (Å²) in [4.78, 5) is 3.94. The molecular weight excluding hydrogens is 190 g/mol. The second kappa shape index (κ2) is 3.91. The van der Waals surface area contributed by atoms with Crippen LogP contribution >= 0.6 is 0 Å². The molecule has 2 heterocycles. The number of hydrogen-bond donors (Lipinski definition) is 3. The summed E-state index contributed by atoms with van der Waals surface area (Å²) in [6.07, 6.45) is 5.53. The standard InChI is InChI=1S/C10H11N5/c11-9(12)5-8-6-14-15-10(8)7-1-3-13-4-2-7/h1-4,6H,5H2,(H3,11,12)(H,14,15). The summed E-state index contributed by atoms with van der Waals surface area (Å²) in [6.45, 7) is 0. The normalized spacial score (nSPS) is 10.1. The van der Waals surface area contributed by atoms with Gasteiger partial charge in [-0.1, -0.05) is 0 Å². The van der Waals surface area contributed by atoms with Gasteiger partial charge in [-0.2, -0.15) is 5.10 Å². The van der Waals surface area contributed by atoms with Crippen molar-refractivity contribution in [1.82, 2.24) is 15.2 Å². The lowest BCUT2D eigenvalue weighted by Gasteiger charge is -2.01. The Labute approximate surface area is 86.9 Å². The molecule has 0 atom stereocenters. The number of aromatic amines is 1. The first-order valence-electron chi connectivity index (χ1n) is 4.53. The predicted octanol–water partition coefficient (Wildman–Crippen LogP) is 0.950. The molecule has 0 bridgehead atoms. The van der Waals surface area contributed by atoms with Gasteiger partial charge in [-0.25, -0.2) is 0 Å². The molecule has 0 amide bonds. The highest BCUT2D eigenvalue weighted by Crippen LogP contribution is 2.20. The van der Waals surface area contributed by atoms with E-state index in [2.05, 4.69) is 15.2 Å². The van der Waals surface area contributed by atoms with Crippen molar-refractivity contribution in [3.8, 4) is 11.3 Å². The first kappa shape index (κ1) is 9.39. The number of aromatic nitrogens is 3. The van der Waals surface area contributed by atoms with Crippen molar-refractivity contribution in [2.75, 3.05) is 0 Å². The summed E-state index contributed by atoms with van der Waals surface area (Å²) in [6, 6.07) is 3.77. The molecule has 0 aliphatic carbocycles. The van der Waals surface area contributed by atoms with Crippen LogP contribution in [0.25, 0.3) is 11.3 Å². The van der Waals surface area contributed by atoms with Crippen molar-refractivity contribution in [3.05, 3.63) is 36.3 Å². The minimum Gasteiger partial charge on any atom is -0.387 e. The van der Waals surface area contributed by atoms with Gasteiger partial charge in [0, 0.05) is 29.9 Å². The lowest BCUT2D eigenvalue weighted by molar-refractivity contribution is 1.09. The number of nitrogens with two attached hydrogens (primary N) is 1. The third-order valence-electron chi connectivity index (χ3n) is 2.07. The summed E-state index contributed by atoms with van der Waals surface area (Å²) >= 11 is 0. The van der Waals surface area contributed by atoms with Crippen LogP contribution in [0.5, 0.6) is 0 Å². The van der Waals surface area contributed by atoms with E-state index in [1.807, 2.05) is 12.1 Å². The van der Waals surface area contributed by atoms with Crippen molar-refractivity contribution >= 4 is 5.84 Å². The smallest absolute Gasteiger partial charge is 0.0951 e. The molecule has 4 N–H and O–H groups in total. The van der Waals surface area contributed by atoms with Gasteiger partial charge in [0.05, 0.1) is 17.7 Å². The molecule has 15 heavy (non-hydrogen) atoms. The molecule has 0 saturated carbocycles. The second-order valence-electron chi connectivity index (χ2n) is 3.21. The number of amidine groups is 1. The van der Waals surface area contributed by atoms with Crippen LogP contribution in [-0.2, 0) is 6.42 Å². The van der Waals surface area contributed by atoms with Crippen LogP contribution in [0.1, 0.15) is 5.56 Å². The molecule has 0 aliphatic rings. The molecule has 0 aliphatic heterocycles. The SMILES string of the molecule is N=C(N)Cc1cn[nH]c1-c1ccncc1. The summed E-state index contributed by atoms with van der Waals surface area (Å²) in [5.74, 6) is 0.131. The molecule has 2 rings (SSSR count). The van der Waals surface area contributed by atoms with Crippen LogP contribution in [0.2, 0.25) is 0 Å². The Hall–Kier alpha value is -2.17. The lowest BCUT2D eigenvalue weighted by atomic mass is 10.1.